The van der Waals surface area contributed by atoms with Crippen LogP contribution in [0.15, 0.2) is 69.9 Å². The van der Waals surface area contributed by atoms with E-state index in [0.29, 0.717) is 16.3 Å². The summed E-state index contributed by atoms with van der Waals surface area (Å²) in [5.74, 6) is -0.224. The number of rotatable bonds is 2. The Morgan fingerprint density at radius 3 is 2.37 bits per heavy atom. The highest BCUT2D eigenvalue weighted by Crippen LogP contribution is 2.14. The van der Waals surface area contributed by atoms with Gasteiger partial charge in [-0.05, 0) is 17.5 Å². The van der Waals surface area contributed by atoms with Crippen LogP contribution in [0.4, 0.5) is 0 Å². The van der Waals surface area contributed by atoms with Crippen molar-refractivity contribution in [1.29, 1.82) is 0 Å². The van der Waals surface area contributed by atoms with Crippen molar-refractivity contribution in [3.05, 3.63) is 82.4 Å². The first-order chi connectivity index (χ1) is 9.25. The van der Waals surface area contributed by atoms with E-state index in [1.54, 1.807) is 48.5 Å². The number of fused-ring (bicyclic) bond motifs is 1. The summed E-state index contributed by atoms with van der Waals surface area (Å²) >= 11 is 0. The molecule has 0 fully saturated rings. The van der Waals surface area contributed by atoms with Crippen LogP contribution in [0.3, 0.4) is 0 Å². The lowest BCUT2D eigenvalue weighted by molar-refractivity contribution is 0.101. The van der Waals surface area contributed by atoms with Crippen molar-refractivity contribution >= 4 is 16.6 Å². The zero-order valence-corrected chi connectivity index (χ0v) is 10.00. The van der Waals surface area contributed by atoms with Crippen LogP contribution in [0.1, 0.15) is 16.1 Å². The summed E-state index contributed by atoms with van der Waals surface area (Å²) in [5, 5.41) is 1.19. The minimum absolute atomic E-state index is 0.0647. The molecule has 0 radical (unpaired) electrons. The van der Waals surface area contributed by atoms with Gasteiger partial charge in [-0.2, -0.15) is 0 Å². The van der Waals surface area contributed by atoms with Gasteiger partial charge in [0.15, 0.2) is 5.76 Å². The van der Waals surface area contributed by atoms with Gasteiger partial charge in [-0.15, -0.1) is 0 Å². The average Bonchev–Trinajstić information content (AvgIpc) is 2.47. The number of hydrogen-bond acceptors (Lipinski definition) is 3. The number of hydrogen-bond donors (Lipinski definition) is 0. The van der Waals surface area contributed by atoms with Crippen molar-refractivity contribution in [1.82, 2.24) is 0 Å². The van der Waals surface area contributed by atoms with Crippen molar-refractivity contribution < 1.29 is 9.21 Å². The fourth-order valence-electron chi connectivity index (χ4n) is 1.98. The van der Waals surface area contributed by atoms with Crippen LogP contribution < -0.4 is 5.63 Å². The minimum atomic E-state index is -0.489. The zero-order valence-electron chi connectivity index (χ0n) is 10.00. The van der Waals surface area contributed by atoms with Crippen LogP contribution in [0.5, 0.6) is 0 Å². The lowest BCUT2D eigenvalue weighted by Gasteiger charge is -2.01. The Hall–Kier alpha value is -2.68. The molecule has 3 heteroatoms. The van der Waals surface area contributed by atoms with E-state index in [0.717, 1.165) is 0 Å². The molecule has 0 spiro atoms. The summed E-state index contributed by atoms with van der Waals surface area (Å²) in [7, 11) is 0. The Morgan fingerprint density at radius 2 is 1.58 bits per heavy atom. The second-order valence-electron chi connectivity index (χ2n) is 4.18. The third-order valence-corrected chi connectivity index (χ3v) is 2.93. The molecule has 3 nitrogen and oxygen atoms in total. The second kappa shape index (κ2) is 4.53. The summed E-state index contributed by atoms with van der Waals surface area (Å²) in [6, 6.07) is 17.4. The first-order valence-corrected chi connectivity index (χ1v) is 5.88. The topological polar surface area (TPSA) is 47.3 Å². The Labute approximate surface area is 109 Å². The summed E-state index contributed by atoms with van der Waals surface area (Å²) in [6.07, 6.45) is 0. The molecule has 92 valence electrons. The fraction of sp³-hybridized carbons (Fsp3) is 0. The van der Waals surface area contributed by atoms with Gasteiger partial charge in [0, 0.05) is 5.56 Å². The van der Waals surface area contributed by atoms with Gasteiger partial charge in [0.05, 0.1) is 5.39 Å². The summed E-state index contributed by atoms with van der Waals surface area (Å²) < 4.78 is 5.10. The Kier molecular flexibility index (Phi) is 2.72. The van der Waals surface area contributed by atoms with Crippen molar-refractivity contribution in [2.24, 2.45) is 0 Å². The maximum atomic E-state index is 12.2. The third-order valence-electron chi connectivity index (χ3n) is 2.93. The molecule has 0 atom stereocenters. The van der Waals surface area contributed by atoms with Crippen LogP contribution in [0, 0.1) is 0 Å². The highest BCUT2D eigenvalue weighted by atomic mass is 16.4. The van der Waals surface area contributed by atoms with Crippen LogP contribution in [-0.4, -0.2) is 5.78 Å². The lowest BCUT2D eigenvalue weighted by atomic mass is 10.1. The highest BCUT2D eigenvalue weighted by Gasteiger charge is 2.13. The normalized spacial score (nSPS) is 10.5. The first kappa shape index (κ1) is 11.4. The second-order valence-corrected chi connectivity index (χ2v) is 4.18. The van der Waals surface area contributed by atoms with E-state index >= 15 is 0 Å². The third kappa shape index (κ3) is 2.06. The number of ketones is 1. The molecule has 1 heterocycles. The van der Waals surface area contributed by atoms with Gasteiger partial charge >= 0.3 is 5.63 Å². The van der Waals surface area contributed by atoms with Crippen LogP contribution >= 0.6 is 0 Å². The Bertz CT molecular complexity index is 801. The monoisotopic (exact) mass is 250 g/mol. The molecule has 0 saturated heterocycles. The molecule has 1 aromatic heterocycles. The molecule has 0 bridgehead atoms. The quantitative estimate of drug-likeness (QED) is 0.657. The van der Waals surface area contributed by atoms with Gasteiger partial charge in [-0.1, -0.05) is 48.5 Å². The van der Waals surface area contributed by atoms with Gasteiger partial charge in [-0.3, -0.25) is 4.79 Å². The van der Waals surface area contributed by atoms with E-state index in [4.69, 9.17) is 4.42 Å². The van der Waals surface area contributed by atoms with Crippen molar-refractivity contribution in [3.8, 4) is 0 Å². The molecule has 3 rings (SSSR count). The molecular formula is C16H10O3. The van der Waals surface area contributed by atoms with Crippen LogP contribution in [-0.2, 0) is 0 Å². The number of benzene rings is 2. The molecule has 0 aliphatic heterocycles. The van der Waals surface area contributed by atoms with Gasteiger partial charge in [0.25, 0.3) is 0 Å². The van der Waals surface area contributed by atoms with Crippen molar-refractivity contribution in [2.75, 3.05) is 0 Å². The van der Waals surface area contributed by atoms with E-state index < -0.39 is 5.63 Å². The van der Waals surface area contributed by atoms with E-state index in [1.165, 1.54) is 0 Å². The van der Waals surface area contributed by atoms with Crippen molar-refractivity contribution in [2.45, 2.75) is 0 Å². The SMILES string of the molecule is O=C(c1ccccc1)c1cc2ccccc2c(=O)o1. The molecule has 19 heavy (non-hydrogen) atoms. The lowest BCUT2D eigenvalue weighted by Crippen LogP contribution is -2.07. The summed E-state index contributed by atoms with van der Waals surface area (Å²) in [4.78, 5) is 24.0. The van der Waals surface area contributed by atoms with Crippen LogP contribution in [0.2, 0.25) is 0 Å². The molecule has 0 aliphatic rings. The fourth-order valence-corrected chi connectivity index (χ4v) is 1.98. The highest BCUT2D eigenvalue weighted by molar-refractivity contribution is 6.08. The van der Waals surface area contributed by atoms with E-state index in [1.807, 2.05) is 12.1 Å². The maximum absolute atomic E-state index is 12.2. The first-order valence-electron chi connectivity index (χ1n) is 5.88. The largest absolute Gasteiger partial charge is 0.419 e. The molecule has 0 saturated carbocycles. The molecule has 0 unspecified atom stereocenters. The van der Waals surface area contributed by atoms with Gasteiger partial charge in [0.2, 0.25) is 5.78 Å². The Morgan fingerprint density at radius 1 is 0.895 bits per heavy atom. The van der Waals surface area contributed by atoms with Crippen molar-refractivity contribution in [3.63, 3.8) is 0 Å². The molecule has 0 N–H and O–H groups in total. The standard InChI is InChI=1S/C16H10O3/c17-15(11-6-2-1-3-7-11)14-10-12-8-4-5-9-13(12)16(18)19-14/h1-10H. The summed E-state index contributed by atoms with van der Waals surface area (Å²) in [5.41, 5.74) is 0.0123. The average molecular weight is 250 g/mol. The van der Waals surface area contributed by atoms with E-state index in [2.05, 4.69) is 0 Å². The number of carbonyl (C=O) groups is 1. The molecular weight excluding hydrogens is 240 g/mol. The van der Waals surface area contributed by atoms with Gasteiger partial charge in [-0.25, -0.2) is 4.79 Å². The molecule has 0 aliphatic carbocycles. The zero-order chi connectivity index (χ0) is 13.2. The number of carbonyl (C=O) groups excluding carboxylic acids is 1. The molecule has 2 aromatic carbocycles. The molecule has 0 amide bonds. The minimum Gasteiger partial charge on any atom is -0.419 e. The Balaban J connectivity index is 2.17. The predicted molar refractivity (Wildman–Crippen MR) is 72.4 cm³/mol. The molecule has 3 aromatic rings. The van der Waals surface area contributed by atoms with E-state index in [-0.39, 0.29) is 11.5 Å². The summed E-state index contributed by atoms with van der Waals surface area (Å²) in [6.45, 7) is 0. The van der Waals surface area contributed by atoms with E-state index in [9.17, 15) is 9.59 Å². The maximum Gasteiger partial charge on any atom is 0.344 e. The smallest absolute Gasteiger partial charge is 0.344 e. The van der Waals surface area contributed by atoms with Crippen LogP contribution in [0.25, 0.3) is 10.8 Å². The van der Waals surface area contributed by atoms with Gasteiger partial charge in [0.1, 0.15) is 0 Å². The predicted octanol–water partition coefficient (Wildman–Crippen LogP) is 3.02. The van der Waals surface area contributed by atoms with Gasteiger partial charge < -0.3 is 4.42 Å².